The number of aromatic nitrogens is 1. The maximum atomic E-state index is 12.4. The number of aryl methyl sites for hydroxylation is 2. The van der Waals surface area contributed by atoms with Crippen LogP contribution in [0, 0.1) is 13.8 Å². The topological polar surface area (TPSA) is 50.3 Å². The summed E-state index contributed by atoms with van der Waals surface area (Å²) in [6.07, 6.45) is 0.443. The van der Waals surface area contributed by atoms with Crippen molar-refractivity contribution in [2.45, 2.75) is 33.2 Å². The van der Waals surface area contributed by atoms with Gasteiger partial charge in [-0.1, -0.05) is 24.3 Å². The van der Waals surface area contributed by atoms with Crippen molar-refractivity contribution in [2.24, 2.45) is 0 Å². The Morgan fingerprint density at radius 3 is 2.54 bits per heavy atom. The molecule has 0 saturated heterocycles. The fourth-order valence-electron chi connectivity index (χ4n) is 2.75. The Balaban J connectivity index is 1.56. The summed E-state index contributed by atoms with van der Waals surface area (Å²) in [4.78, 5) is 30.9. The molecule has 5 heteroatoms. The first kappa shape index (κ1) is 18.3. The van der Waals surface area contributed by atoms with Gasteiger partial charge >= 0.3 is 0 Å². The molecule has 0 saturated carbocycles. The fraction of sp³-hybridized carbons (Fsp3) is 0.286. The molecule has 0 radical (unpaired) electrons. The summed E-state index contributed by atoms with van der Waals surface area (Å²) in [6, 6.07) is 13.6. The van der Waals surface area contributed by atoms with Crippen molar-refractivity contribution in [1.29, 1.82) is 0 Å². The zero-order valence-corrected chi connectivity index (χ0v) is 16.1. The number of hydrogen-bond donors (Lipinski definition) is 0. The van der Waals surface area contributed by atoms with Gasteiger partial charge in [-0.3, -0.25) is 9.59 Å². The second-order valence-electron chi connectivity index (χ2n) is 6.55. The van der Waals surface area contributed by atoms with Crippen LogP contribution >= 0.6 is 11.3 Å². The SMILES string of the molecule is Cc1ccc(C(=O)CCC(=O)N(C)Cc2nc3ccccc3s2)cc1C. The highest BCUT2D eigenvalue weighted by Gasteiger charge is 2.15. The van der Waals surface area contributed by atoms with E-state index >= 15 is 0 Å². The Morgan fingerprint density at radius 1 is 1.04 bits per heavy atom. The molecule has 0 aliphatic carbocycles. The molecule has 1 aromatic heterocycles. The van der Waals surface area contributed by atoms with Gasteiger partial charge in [0.05, 0.1) is 16.8 Å². The Hall–Kier alpha value is -2.53. The molecule has 0 spiro atoms. The van der Waals surface area contributed by atoms with Gasteiger partial charge in [-0.25, -0.2) is 4.98 Å². The number of thiazole rings is 1. The maximum Gasteiger partial charge on any atom is 0.223 e. The van der Waals surface area contributed by atoms with Crippen LogP contribution in [0.3, 0.4) is 0 Å². The molecule has 1 heterocycles. The number of amides is 1. The van der Waals surface area contributed by atoms with E-state index in [1.54, 1.807) is 23.3 Å². The van der Waals surface area contributed by atoms with Crippen molar-refractivity contribution in [3.05, 3.63) is 64.2 Å². The van der Waals surface area contributed by atoms with E-state index in [-0.39, 0.29) is 24.5 Å². The summed E-state index contributed by atoms with van der Waals surface area (Å²) in [5.74, 6) is -0.0312. The first-order chi connectivity index (χ1) is 12.4. The van der Waals surface area contributed by atoms with Crippen LogP contribution in [0.1, 0.15) is 39.3 Å². The van der Waals surface area contributed by atoms with Crippen molar-refractivity contribution in [1.82, 2.24) is 9.88 Å². The molecule has 0 unspecified atom stereocenters. The molecule has 134 valence electrons. The molecule has 1 amide bonds. The number of carbonyl (C=O) groups is 2. The van der Waals surface area contributed by atoms with Crippen LogP contribution in [0.15, 0.2) is 42.5 Å². The van der Waals surface area contributed by atoms with Crippen molar-refractivity contribution in [3.63, 3.8) is 0 Å². The molecule has 4 nitrogen and oxygen atoms in total. The predicted molar refractivity (Wildman–Crippen MR) is 106 cm³/mol. The van der Waals surface area contributed by atoms with E-state index < -0.39 is 0 Å². The monoisotopic (exact) mass is 366 g/mol. The zero-order valence-electron chi connectivity index (χ0n) is 15.3. The van der Waals surface area contributed by atoms with Crippen LogP contribution < -0.4 is 0 Å². The Bertz CT molecular complexity index is 929. The number of Topliss-reactive ketones (excluding diaryl/α,β-unsaturated/α-hetero) is 1. The van der Waals surface area contributed by atoms with E-state index in [0.29, 0.717) is 12.1 Å². The molecule has 0 bridgehead atoms. The first-order valence-electron chi connectivity index (χ1n) is 8.63. The van der Waals surface area contributed by atoms with Gasteiger partial charge < -0.3 is 4.90 Å². The highest BCUT2D eigenvalue weighted by molar-refractivity contribution is 7.18. The summed E-state index contributed by atoms with van der Waals surface area (Å²) in [5.41, 5.74) is 3.89. The summed E-state index contributed by atoms with van der Waals surface area (Å²) >= 11 is 1.60. The lowest BCUT2D eigenvalue weighted by Crippen LogP contribution is -2.26. The average Bonchev–Trinajstić information content (AvgIpc) is 3.03. The van der Waals surface area contributed by atoms with Crippen LogP contribution in [-0.2, 0) is 11.3 Å². The molecule has 0 atom stereocenters. The average molecular weight is 366 g/mol. The Labute approximate surface area is 157 Å². The number of fused-ring (bicyclic) bond motifs is 1. The molecule has 26 heavy (non-hydrogen) atoms. The van der Waals surface area contributed by atoms with Crippen molar-refractivity contribution >= 4 is 33.2 Å². The van der Waals surface area contributed by atoms with Gasteiger partial charge in [0, 0.05) is 25.5 Å². The van der Waals surface area contributed by atoms with E-state index in [4.69, 9.17) is 0 Å². The molecule has 0 fully saturated rings. The number of carbonyl (C=O) groups excluding carboxylic acids is 2. The van der Waals surface area contributed by atoms with Crippen molar-refractivity contribution in [2.75, 3.05) is 7.05 Å². The van der Waals surface area contributed by atoms with E-state index in [1.165, 1.54) is 0 Å². The molecule has 2 aromatic carbocycles. The normalized spacial score (nSPS) is 10.9. The number of rotatable bonds is 6. The number of ketones is 1. The van der Waals surface area contributed by atoms with E-state index in [2.05, 4.69) is 4.98 Å². The summed E-state index contributed by atoms with van der Waals surface area (Å²) < 4.78 is 1.12. The van der Waals surface area contributed by atoms with Gasteiger partial charge in [0.25, 0.3) is 0 Å². The van der Waals surface area contributed by atoms with E-state index in [9.17, 15) is 9.59 Å². The van der Waals surface area contributed by atoms with E-state index in [0.717, 1.165) is 26.4 Å². The smallest absolute Gasteiger partial charge is 0.223 e. The first-order valence-corrected chi connectivity index (χ1v) is 9.44. The molecular weight excluding hydrogens is 344 g/mol. The van der Waals surface area contributed by atoms with Crippen LogP contribution in [0.4, 0.5) is 0 Å². The summed E-state index contributed by atoms with van der Waals surface area (Å²) in [5, 5.41) is 0.905. The maximum absolute atomic E-state index is 12.4. The highest BCUT2D eigenvalue weighted by Crippen LogP contribution is 2.22. The highest BCUT2D eigenvalue weighted by atomic mass is 32.1. The quantitative estimate of drug-likeness (QED) is 0.602. The second-order valence-corrected chi connectivity index (χ2v) is 7.66. The van der Waals surface area contributed by atoms with Gasteiger partial charge in [-0.15, -0.1) is 11.3 Å². The van der Waals surface area contributed by atoms with Gasteiger partial charge in [0.15, 0.2) is 5.78 Å². The largest absolute Gasteiger partial charge is 0.339 e. The predicted octanol–water partition coefficient (Wildman–Crippen LogP) is 4.53. The second kappa shape index (κ2) is 7.79. The number of nitrogens with zero attached hydrogens (tertiary/aromatic N) is 2. The minimum atomic E-state index is -0.0403. The minimum absolute atomic E-state index is 0.00911. The fourth-order valence-corrected chi connectivity index (χ4v) is 3.77. The molecule has 3 aromatic rings. The van der Waals surface area contributed by atoms with Gasteiger partial charge in [0.2, 0.25) is 5.91 Å². The van der Waals surface area contributed by atoms with E-state index in [1.807, 2.05) is 56.3 Å². The number of hydrogen-bond acceptors (Lipinski definition) is 4. The third-order valence-corrected chi connectivity index (χ3v) is 5.55. The third-order valence-electron chi connectivity index (χ3n) is 4.53. The molecular formula is C21H22N2O2S. The lowest BCUT2D eigenvalue weighted by molar-refractivity contribution is -0.130. The number of benzene rings is 2. The standard InChI is InChI=1S/C21H22N2O2S/c1-14-8-9-16(12-15(14)2)18(24)10-11-21(25)23(3)13-20-22-17-6-4-5-7-19(17)26-20/h4-9,12H,10-11,13H2,1-3H3. The minimum Gasteiger partial charge on any atom is -0.339 e. The summed E-state index contributed by atoms with van der Waals surface area (Å²) in [6.45, 7) is 4.48. The lowest BCUT2D eigenvalue weighted by atomic mass is 10.0. The Morgan fingerprint density at radius 2 is 1.81 bits per heavy atom. The van der Waals surface area contributed by atoms with Crippen LogP contribution in [0.2, 0.25) is 0 Å². The molecule has 3 rings (SSSR count). The zero-order chi connectivity index (χ0) is 18.7. The molecule has 0 aliphatic rings. The summed E-state index contributed by atoms with van der Waals surface area (Å²) in [7, 11) is 1.76. The number of para-hydroxylation sites is 1. The van der Waals surface area contributed by atoms with Crippen molar-refractivity contribution in [3.8, 4) is 0 Å². The Kier molecular flexibility index (Phi) is 5.47. The molecule has 0 N–H and O–H groups in total. The lowest BCUT2D eigenvalue weighted by Gasteiger charge is -2.15. The van der Waals surface area contributed by atoms with Gasteiger partial charge in [-0.05, 0) is 43.2 Å². The van der Waals surface area contributed by atoms with Gasteiger partial charge in [-0.2, -0.15) is 0 Å². The molecule has 0 aliphatic heterocycles. The van der Waals surface area contributed by atoms with Crippen LogP contribution in [0.5, 0.6) is 0 Å². The third kappa shape index (κ3) is 4.17. The van der Waals surface area contributed by atoms with Crippen LogP contribution in [-0.4, -0.2) is 28.6 Å². The van der Waals surface area contributed by atoms with Crippen LogP contribution in [0.25, 0.3) is 10.2 Å². The van der Waals surface area contributed by atoms with Gasteiger partial charge in [0.1, 0.15) is 5.01 Å². The van der Waals surface area contributed by atoms with Crippen molar-refractivity contribution < 1.29 is 9.59 Å².